The maximum atomic E-state index is 13.1. The zero-order valence-corrected chi connectivity index (χ0v) is 16.5. The lowest BCUT2D eigenvalue weighted by atomic mass is 10.3. The molecule has 0 aromatic carbocycles. The van der Waals surface area contributed by atoms with Crippen LogP contribution in [-0.2, 0) is 19.2 Å². The molecule has 0 aliphatic rings. The number of hydrogen-bond acceptors (Lipinski definition) is 4. The van der Waals surface area contributed by atoms with Crippen LogP contribution in [0.2, 0.25) is 39.3 Å². The van der Waals surface area contributed by atoms with Gasteiger partial charge in [-0.2, -0.15) is 0 Å². The number of rotatable bonds is 6. The Bertz CT molecular complexity index is 489. The summed E-state index contributed by atoms with van der Waals surface area (Å²) in [5, 5.41) is 0. The van der Waals surface area contributed by atoms with Gasteiger partial charge in [0.05, 0.1) is 11.9 Å². The summed E-state index contributed by atoms with van der Waals surface area (Å²) in [6, 6.07) is 5.72. The molecule has 0 atom stereocenters. The summed E-state index contributed by atoms with van der Waals surface area (Å²) in [5.41, 5.74) is 1.68. The fourth-order valence-electron chi connectivity index (χ4n) is 1.80. The van der Waals surface area contributed by atoms with Crippen LogP contribution in [0.25, 0.3) is 0 Å². The normalized spacial score (nSPS) is 13.6. The first kappa shape index (κ1) is 17.8. The van der Waals surface area contributed by atoms with Crippen molar-refractivity contribution in [2.24, 2.45) is 0 Å². The smallest absolute Gasteiger partial charge is 0.317 e. The van der Waals surface area contributed by atoms with E-state index in [1.165, 1.54) is 0 Å². The van der Waals surface area contributed by atoms with E-state index in [9.17, 15) is 4.57 Å². The third kappa shape index (κ3) is 6.95. The second-order valence-electron chi connectivity index (χ2n) is 6.95. The average molecular weight is 332 g/mol. The van der Waals surface area contributed by atoms with Gasteiger partial charge in [-0.1, -0.05) is 6.07 Å². The second kappa shape index (κ2) is 6.24. The van der Waals surface area contributed by atoms with Crippen LogP contribution in [0, 0.1) is 6.92 Å². The Balaban J connectivity index is 3.02. The molecule has 0 aliphatic heterocycles. The molecule has 0 N–H and O–H groups in total. The third-order valence-corrected chi connectivity index (χ3v) is 9.45. The van der Waals surface area contributed by atoms with Crippen LogP contribution in [-0.4, -0.2) is 21.6 Å². The van der Waals surface area contributed by atoms with E-state index in [0.29, 0.717) is 0 Å². The molecule has 0 bridgehead atoms. The van der Waals surface area contributed by atoms with E-state index in [1.807, 2.05) is 64.4 Å². The number of aromatic nitrogens is 1. The summed E-state index contributed by atoms with van der Waals surface area (Å²) < 4.78 is 24.9. The zero-order valence-electron chi connectivity index (χ0n) is 13.6. The van der Waals surface area contributed by atoms with Crippen molar-refractivity contribution < 1.29 is 13.0 Å². The van der Waals surface area contributed by atoms with E-state index in [4.69, 9.17) is 8.43 Å². The van der Waals surface area contributed by atoms with E-state index in [-0.39, 0.29) is 6.16 Å². The molecule has 0 saturated carbocycles. The van der Waals surface area contributed by atoms with Crippen molar-refractivity contribution in [1.82, 2.24) is 4.98 Å². The van der Waals surface area contributed by atoms with E-state index in [1.54, 1.807) is 0 Å². The minimum Gasteiger partial charge on any atom is -0.351 e. The SMILES string of the molecule is Cc1cccc(CP(=O)(O[Si](C)(C)C)O[Si](C)(C)C)n1. The monoisotopic (exact) mass is 331 g/mol. The van der Waals surface area contributed by atoms with Crippen LogP contribution < -0.4 is 0 Å². The Hall–Kier alpha value is -0.266. The summed E-state index contributed by atoms with van der Waals surface area (Å²) in [6.07, 6.45) is 0.253. The van der Waals surface area contributed by atoms with Gasteiger partial charge in [-0.15, -0.1) is 0 Å². The fourth-order valence-corrected chi connectivity index (χ4v) is 10.1. The fraction of sp³-hybridized carbons (Fsp3) is 0.615. The molecule has 0 radical (unpaired) electrons. The lowest BCUT2D eigenvalue weighted by molar-refractivity contribution is 0.381. The highest BCUT2D eigenvalue weighted by Gasteiger charge is 2.36. The Morgan fingerprint density at radius 1 is 1.05 bits per heavy atom. The van der Waals surface area contributed by atoms with Crippen LogP contribution in [0.3, 0.4) is 0 Å². The summed E-state index contributed by atoms with van der Waals surface area (Å²) in [7, 11) is -7.05. The van der Waals surface area contributed by atoms with Crippen molar-refractivity contribution in [3.8, 4) is 0 Å². The van der Waals surface area contributed by atoms with Crippen molar-refractivity contribution >= 4 is 24.2 Å². The topological polar surface area (TPSA) is 48.4 Å². The molecule has 0 unspecified atom stereocenters. The van der Waals surface area contributed by atoms with Crippen molar-refractivity contribution in [3.05, 3.63) is 29.6 Å². The Morgan fingerprint density at radius 2 is 1.55 bits per heavy atom. The van der Waals surface area contributed by atoms with Gasteiger partial charge >= 0.3 is 7.60 Å². The van der Waals surface area contributed by atoms with Crippen LogP contribution in [0.4, 0.5) is 0 Å². The van der Waals surface area contributed by atoms with Gasteiger partial charge in [-0.3, -0.25) is 9.55 Å². The van der Waals surface area contributed by atoms with Gasteiger partial charge in [0.2, 0.25) is 0 Å². The first-order valence-corrected chi connectivity index (χ1v) is 15.4. The second-order valence-corrected chi connectivity index (χ2v) is 18.4. The van der Waals surface area contributed by atoms with Crippen LogP contribution in [0.5, 0.6) is 0 Å². The lowest BCUT2D eigenvalue weighted by Gasteiger charge is -2.30. The molecular weight excluding hydrogens is 305 g/mol. The molecule has 7 heteroatoms. The van der Waals surface area contributed by atoms with E-state index in [0.717, 1.165) is 11.4 Å². The third-order valence-electron chi connectivity index (χ3n) is 2.13. The molecule has 1 rings (SSSR count). The van der Waals surface area contributed by atoms with Crippen LogP contribution in [0.15, 0.2) is 18.2 Å². The predicted octanol–water partition coefficient (Wildman–Crippen LogP) is 4.79. The minimum absolute atomic E-state index is 0.253. The maximum absolute atomic E-state index is 13.1. The van der Waals surface area contributed by atoms with E-state index < -0.39 is 24.2 Å². The van der Waals surface area contributed by atoms with Crippen molar-refractivity contribution in [3.63, 3.8) is 0 Å². The molecule has 114 valence electrons. The first-order chi connectivity index (χ1) is 8.89. The van der Waals surface area contributed by atoms with Crippen molar-refractivity contribution in [1.29, 1.82) is 0 Å². The highest BCUT2D eigenvalue weighted by atomic mass is 31.2. The molecule has 1 aromatic rings. The molecule has 0 amide bonds. The summed E-state index contributed by atoms with van der Waals surface area (Å²) >= 11 is 0. The van der Waals surface area contributed by atoms with Gasteiger partial charge in [0.1, 0.15) is 0 Å². The number of aryl methyl sites for hydroxylation is 1. The summed E-state index contributed by atoms with van der Waals surface area (Å²) in [6.45, 7) is 14.1. The molecule has 1 aromatic heterocycles. The molecule has 4 nitrogen and oxygen atoms in total. The van der Waals surface area contributed by atoms with Gasteiger partial charge in [0, 0.05) is 5.69 Å². The Morgan fingerprint density at radius 3 is 1.95 bits per heavy atom. The van der Waals surface area contributed by atoms with Gasteiger partial charge in [-0.25, -0.2) is 0 Å². The number of hydrogen-bond donors (Lipinski definition) is 0. The van der Waals surface area contributed by atoms with Crippen LogP contribution >= 0.6 is 7.60 Å². The van der Waals surface area contributed by atoms with Crippen molar-refractivity contribution in [2.45, 2.75) is 52.4 Å². The molecule has 20 heavy (non-hydrogen) atoms. The largest absolute Gasteiger partial charge is 0.351 e. The first-order valence-electron chi connectivity index (χ1n) is 6.82. The molecule has 0 saturated heterocycles. The maximum Gasteiger partial charge on any atom is 0.317 e. The van der Waals surface area contributed by atoms with E-state index in [2.05, 4.69) is 4.98 Å². The highest BCUT2D eigenvalue weighted by molar-refractivity contribution is 7.56. The molecule has 0 spiro atoms. The minimum atomic E-state index is -3.14. The molecule has 0 fully saturated rings. The lowest BCUT2D eigenvalue weighted by Crippen LogP contribution is -2.30. The standard InChI is InChI=1S/C13H26NO3PSi2/c1-12-9-8-10-13(14-12)11-18(15,16-19(2,3)4)17-20(5,6)7/h8-10H,11H2,1-7H3. The summed E-state index contributed by atoms with van der Waals surface area (Å²) in [4.78, 5) is 4.42. The van der Waals surface area contributed by atoms with Gasteiger partial charge in [-0.05, 0) is 58.3 Å². The Kier molecular flexibility index (Phi) is 5.55. The van der Waals surface area contributed by atoms with Gasteiger partial charge in [0.15, 0.2) is 16.6 Å². The highest BCUT2D eigenvalue weighted by Crippen LogP contribution is 2.55. The average Bonchev–Trinajstić information content (AvgIpc) is 2.08. The zero-order chi connectivity index (χ0) is 15.6. The number of nitrogens with zero attached hydrogens (tertiary/aromatic N) is 1. The van der Waals surface area contributed by atoms with Gasteiger partial charge < -0.3 is 8.43 Å². The molecule has 1 heterocycles. The van der Waals surface area contributed by atoms with Gasteiger partial charge in [0.25, 0.3) is 0 Å². The van der Waals surface area contributed by atoms with Crippen LogP contribution in [0.1, 0.15) is 11.4 Å². The molecule has 0 aliphatic carbocycles. The predicted molar refractivity (Wildman–Crippen MR) is 89.1 cm³/mol. The summed E-state index contributed by atoms with van der Waals surface area (Å²) in [5.74, 6) is 0. The molecular formula is C13H26NO3PSi2. The quantitative estimate of drug-likeness (QED) is 0.555. The van der Waals surface area contributed by atoms with E-state index >= 15 is 0 Å². The van der Waals surface area contributed by atoms with Crippen molar-refractivity contribution in [2.75, 3.05) is 0 Å². The Labute approximate surface area is 124 Å². The number of pyridine rings is 1.